The van der Waals surface area contributed by atoms with Crippen molar-refractivity contribution in [1.29, 1.82) is 0 Å². The summed E-state index contributed by atoms with van der Waals surface area (Å²) in [6.07, 6.45) is -1.47. The molecule has 2 aliphatic carbocycles. The number of nitrogens with one attached hydrogen (secondary N) is 3. The highest BCUT2D eigenvalue weighted by Gasteiger charge is 2.62. The van der Waals surface area contributed by atoms with Crippen LogP contribution in [0.15, 0.2) is 30.5 Å². The molecule has 0 spiro atoms. The molecule has 5 rings (SSSR count). The van der Waals surface area contributed by atoms with Gasteiger partial charge in [-0.3, -0.25) is 29.3 Å². The molecule has 0 unspecified atom stereocenters. The fourth-order valence-corrected chi connectivity index (χ4v) is 6.33. The minimum absolute atomic E-state index is 0.0556. The van der Waals surface area contributed by atoms with Gasteiger partial charge in [0.2, 0.25) is 30.5 Å². The number of halogens is 2. The van der Waals surface area contributed by atoms with Gasteiger partial charge in [0, 0.05) is 24.4 Å². The van der Waals surface area contributed by atoms with E-state index in [0.717, 1.165) is 18.2 Å². The van der Waals surface area contributed by atoms with E-state index in [2.05, 4.69) is 20.4 Å². The topological polar surface area (TPSA) is 192 Å². The maximum atomic E-state index is 14.3. The van der Waals surface area contributed by atoms with Gasteiger partial charge in [-0.05, 0) is 87.9 Å². The van der Waals surface area contributed by atoms with Crippen molar-refractivity contribution in [1.82, 2.24) is 25.8 Å². The predicted molar refractivity (Wildman–Crippen MR) is 194 cm³/mol. The molecule has 2 saturated carbocycles. The fourth-order valence-electron chi connectivity index (χ4n) is 6.33. The number of fused-ring (bicyclic) bond motifs is 1. The molecule has 55 heavy (non-hydrogen) atoms. The zero-order valence-corrected chi connectivity index (χ0v) is 32.4. The molecule has 2 heterocycles. The number of benzene rings is 1. The molecule has 3 aliphatic rings. The van der Waals surface area contributed by atoms with Crippen LogP contribution in [0.1, 0.15) is 80.6 Å². The Balaban J connectivity index is 0.000000862. The van der Waals surface area contributed by atoms with Gasteiger partial charge < -0.3 is 34.5 Å². The van der Waals surface area contributed by atoms with Crippen LogP contribution in [-0.4, -0.2) is 102 Å². The Bertz CT molecular complexity index is 1760. The van der Waals surface area contributed by atoms with Crippen LogP contribution in [0.3, 0.4) is 0 Å². The molecule has 15 nitrogen and oxygen atoms in total. The van der Waals surface area contributed by atoms with E-state index < -0.39 is 77.3 Å². The first-order chi connectivity index (χ1) is 25.6. The Hall–Kier alpha value is -5.09. The van der Waals surface area contributed by atoms with Crippen LogP contribution in [0.4, 0.5) is 13.6 Å². The number of hydrogen-bond donors (Lipinski definition) is 3. The third-order valence-corrected chi connectivity index (χ3v) is 9.63. The average molecular weight is 776 g/mol. The van der Waals surface area contributed by atoms with E-state index in [0.29, 0.717) is 17.6 Å². The zero-order chi connectivity index (χ0) is 40.9. The van der Waals surface area contributed by atoms with E-state index >= 15 is 0 Å². The van der Waals surface area contributed by atoms with Gasteiger partial charge in [0.25, 0.3) is 12.4 Å². The lowest BCUT2D eigenvalue weighted by Gasteiger charge is -2.36. The lowest BCUT2D eigenvalue weighted by Crippen LogP contribution is -2.60. The number of methoxy groups -OCH3 is 1. The normalized spacial score (nSPS) is 23.0. The number of amides is 5. The number of alkyl halides is 2. The van der Waals surface area contributed by atoms with Crippen LogP contribution in [0, 0.1) is 11.3 Å². The maximum Gasteiger partial charge on any atom is 0.408 e. The van der Waals surface area contributed by atoms with Gasteiger partial charge in [-0.1, -0.05) is 20.8 Å². The van der Waals surface area contributed by atoms with Gasteiger partial charge in [-0.25, -0.2) is 18.6 Å². The molecule has 3 N–H and O–H groups in total. The highest BCUT2D eigenvalue weighted by molar-refractivity contribution is 6.01. The lowest BCUT2D eigenvalue weighted by molar-refractivity contribution is -0.143. The second kappa shape index (κ2) is 16.7. The monoisotopic (exact) mass is 775 g/mol. The van der Waals surface area contributed by atoms with Gasteiger partial charge >= 0.3 is 6.09 Å². The van der Waals surface area contributed by atoms with Crippen LogP contribution >= 0.6 is 0 Å². The lowest BCUT2D eigenvalue weighted by atomic mass is 9.85. The minimum Gasteiger partial charge on any atom is -0.497 e. The molecule has 5 atom stereocenters. The predicted octanol–water partition coefficient (Wildman–Crippen LogP) is 4.05. The van der Waals surface area contributed by atoms with Crippen molar-refractivity contribution in [3.05, 3.63) is 30.5 Å². The average Bonchev–Trinajstić information content (AvgIpc) is 3.94. The molecular weight excluding hydrogens is 724 g/mol. The van der Waals surface area contributed by atoms with Crippen LogP contribution < -0.4 is 25.4 Å². The highest BCUT2D eigenvalue weighted by Crippen LogP contribution is 2.48. The Morgan fingerprint density at radius 2 is 1.76 bits per heavy atom. The van der Waals surface area contributed by atoms with Crippen molar-refractivity contribution in [3.63, 3.8) is 0 Å². The van der Waals surface area contributed by atoms with Crippen molar-refractivity contribution in [2.75, 3.05) is 13.7 Å². The Labute approximate surface area is 318 Å². The minimum atomic E-state index is -2.75. The molecule has 17 heteroatoms. The summed E-state index contributed by atoms with van der Waals surface area (Å²) in [4.78, 5) is 80.2. The first-order valence-electron chi connectivity index (χ1n) is 18.0. The summed E-state index contributed by atoms with van der Waals surface area (Å²) in [5, 5.41) is 8.60. The number of carbonyl (C=O) groups is 6. The van der Waals surface area contributed by atoms with Crippen LogP contribution in [0.2, 0.25) is 0 Å². The molecule has 5 amide bonds. The zero-order valence-electron chi connectivity index (χ0n) is 32.4. The van der Waals surface area contributed by atoms with Gasteiger partial charge in [-0.15, -0.1) is 0 Å². The molecule has 2 aromatic rings. The number of likely N-dealkylation sites (tertiary alicyclic amines) is 1. The first kappa shape index (κ1) is 42.6. The second-order valence-electron chi connectivity index (χ2n) is 16.4. The van der Waals surface area contributed by atoms with E-state index in [1.54, 1.807) is 79.1 Å². The van der Waals surface area contributed by atoms with Crippen molar-refractivity contribution in [3.8, 4) is 11.6 Å². The standard InChI is InChI=1S/C33H43F2N5O8.C5H8O2/c1-31(2,3)25(38-30(45)48-32(4,5)6)28(43)40-16-21(47-27-22-9-8-20(46-7)12-18(22)10-11-36-27)14-23(40)26(42)39-33(29(44)37-17-41)15-19(33)13-24(34)35;1-5(2-3-5)7-4-6/h8-12,17,19,21,23-25H,13-16H2,1-7H3,(H,38,45)(H,39,42)(H,37,41,44);4H,2-3H2,1H3/t19-,21-,23+,25-,33-;/m1./s1. The summed E-state index contributed by atoms with van der Waals surface area (Å²) in [6, 6.07) is 4.68. The van der Waals surface area contributed by atoms with Crippen molar-refractivity contribution < 1.29 is 56.5 Å². The number of ether oxygens (including phenoxy) is 4. The fraction of sp³-hybridized carbons (Fsp3) is 0.605. The van der Waals surface area contributed by atoms with E-state index in [-0.39, 0.29) is 37.3 Å². The van der Waals surface area contributed by atoms with Crippen molar-refractivity contribution >= 4 is 47.5 Å². The van der Waals surface area contributed by atoms with Crippen LogP contribution in [0.5, 0.6) is 11.6 Å². The number of nitrogens with zero attached hydrogens (tertiary/aromatic N) is 2. The van der Waals surface area contributed by atoms with Gasteiger partial charge in [0.15, 0.2) is 0 Å². The Kier molecular flexibility index (Phi) is 13.0. The number of pyridine rings is 1. The maximum absolute atomic E-state index is 14.3. The molecule has 1 aromatic heterocycles. The number of hydrogen-bond acceptors (Lipinski definition) is 11. The van der Waals surface area contributed by atoms with Crippen LogP contribution in [0.25, 0.3) is 10.8 Å². The third kappa shape index (κ3) is 11.0. The molecule has 302 valence electrons. The quantitative estimate of drug-likeness (QED) is 0.249. The highest BCUT2D eigenvalue weighted by atomic mass is 19.3. The largest absolute Gasteiger partial charge is 0.497 e. The van der Waals surface area contributed by atoms with E-state index in [9.17, 15) is 37.5 Å². The molecule has 0 bridgehead atoms. The molecular formula is C38H51F2N5O10. The van der Waals surface area contributed by atoms with Gasteiger partial charge in [-0.2, -0.15) is 0 Å². The number of imide groups is 1. The van der Waals surface area contributed by atoms with E-state index in [1.165, 1.54) is 4.90 Å². The summed E-state index contributed by atoms with van der Waals surface area (Å²) in [5.74, 6) is -2.40. The van der Waals surface area contributed by atoms with Gasteiger partial charge in [0.1, 0.15) is 40.7 Å². The van der Waals surface area contributed by atoms with E-state index in [1.807, 2.05) is 12.2 Å². The smallest absolute Gasteiger partial charge is 0.408 e. The van der Waals surface area contributed by atoms with Crippen molar-refractivity contribution in [2.45, 2.75) is 122 Å². The third-order valence-electron chi connectivity index (χ3n) is 9.63. The number of alkyl carbamates (subject to hydrolysis) is 1. The molecule has 1 aromatic carbocycles. The first-order valence-corrected chi connectivity index (χ1v) is 18.0. The molecule has 0 radical (unpaired) electrons. The summed E-state index contributed by atoms with van der Waals surface area (Å²) < 4.78 is 48.2. The van der Waals surface area contributed by atoms with E-state index in [4.69, 9.17) is 14.2 Å². The van der Waals surface area contributed by atoms with Gasteiger partial charge in [0.05, 0.1) is 13.7 Å². The Morgan fingerprint density at radius 3 is 2.31 bits per heavy atom. The molecule has 1 aliphatic heterocycles. The van der Waals surface area contributed by atoms with Crippen LogP contribution in [-0.2, 0) is 33.4 Å². The summed E-state index contributed by atoms with van der Waals surface area (Å²) in [6.45, 7) is 12.6. The number of rotatable bonds is 13. The summed E-state index contributed by atoms with van der Waals surface area (Å²) in [5.41, 5.74) is -3.53. The Morgan fingerprint density at radius 1 is 1.07 bits per heavy atom. The summed E-state index contributed by atoms with van der Waals surface area (Å²) >= 11 is 0. The van der Waals surface area contributed by atoms with Crippen molar-refractivity contribution in [2.24, 2.45) is 11.3 Å². The summed E-state index contributed by atoms with van der Waals surface area (Å²) in [7, 11) is 1.54. The SMILES string of the molecule is CC1(OC=O)CC1.COc1ccc2c(O[C@@H]3C[C@@H](C(=O)N[C@]4(C(=O)NC=O)C[C@H]4CC(F)F)N(C(=O)[C@@H](NC(=O)OC(C)(C)C)C(C)(C)C)C3)nccc2c1. The molecule has 1 saturated heterocycles. The second-order valence-corrected chi connectivity index (χ2v) is 16.4. The number of aromatic nitrogens is 1. The molecule has 3 fully saturated rings. The number of carbonyl (C=O) groups excluding carboxylic acids is 6.